The highest BCUT2D eigenvalue weighted by Gasteiger charge is 2.35. The minimum absolute atomic E-state index is 0.353. The molecule has 2 amide bonds. The molecule has 0 aromatic carbocycles. The van der Waals surface area contributed by atoms with Crippen molar-refractivity contribution in [1.82, 2.24) is 10.4 Å². The quantitative estimate of drug-likeness (QED) is 0.651. The predicted octanol–water partition coefficient (Wildman–Crippen LogP) is 0.442. The van der Waals surface area contributed by atoms with Gasteiger partial charge in [-0.25, -0.2) is 9.86 Å². The Morgan fingerprint density at radius 3 is 2.36 bits per heavy atom. The van der Waals surface area contributed by atoms with Crippen molar-refractivity contribution in [3.8, 4) is 0 Å². The molecule has 0 unspecified atom stereocenters. The largest absolute Gasteiger partial charge is 0.465 e. The third-order valence-electron chi connectivity index (χ3n) is 2.12. The molecule has 6 heteroatoms. The van der Waals surface area contributed by atoms with Gasteiger partial charge >= 0.3 is 6.09 Å². The first-order valence-corrected chi connectivity index (χ1v) is 4.20. The van der Waals surface area contributed by atoms with Crippen LogP contribution in [0.2, 0.25) is 0 Å². The number of carbonyl (C=O) groups is 2. The van der Waals surface area contributed by atoms with Crippen LogP contribution < -0.4 is 5.32 Å². The summed E-state index contributed by atoms with van der Waals surface area (Å²) in [6.07, 6.45) is -0.876. The van der Waals surface area contributed by atoms with Crippen molar-refractivity contribution in [3.05, 3.63) is 0 Å². The first-order chi connectivity index (χ1) is 6.37. The highest BCUT2D eigenvalue weighted by Crippen LogP contribution is 2.12. The zero-order valence-corrected chi connectivity index (χ0v) is 8.83. The molecule has 0 fully saturated rings. The van der Waals surface area contributed by atoms with Crippen molar-refractivity contribution in [2.24, 2.45) is 0 Å². The topological polar surface area (TPSA) is 78.9 Å². The van der Waals surface area contributed by atoms with Crippen LogP contribution in [0.4, 0.5) is 4.79 Å². The van der Waals surface area contributed by atoms with E-state index in [1.807, 2.05) is 0 Å². The fraction of sp³-hybridized carbons (Fsp3) is 0.750. The maximum absolute atomic E-state index is 11.6. The molecule has 0 aliphatic carbocycles. The van der Waals surface area contributed by atoms with E-state index in [9.17, 15) is 9.59 Å². The lowest BCUT2D eigenvalue weighted by molar-refractivity contribution is -0.175. The number of hydrogen-bond donors (Lipinski definition) is 2. The van der Waals surface area contributed by atoms with Crippen LogP contribution in [0.5, 0.6) is 0 Å². The molecule has 14 heavy (non-hydrogen) atoms. The number of carboxylic acid groups (broad SMARTS) is 1. The minimum Gasteiger partial charge on any atom is -0.465 e. The minimum atomic E-state index is -1.23. The molecule has 0 saturated heterocycles. The smallest absolute Gasteiger partial charge is 0.405 e. The van der Waals surface area contributed by atoms with Crippen LogP contribution >= 0.6 is 0 Å². The summed E-state index contributed by atoms with van der Waals surface area (Å²) in [5, 5.41) is 11.7. The van der Waals surface area contributed by atoms with Crippen molar-refractivity contribution >= 4 is 12.0 Å². The van der Waals surface area contributed by atoms with Gasteiger partial charge in [0.25, 0.3) is 5.91 Å². The van der Waals surface area contributed by atoms with Crippen molar-refractivity contribution < 1.29 is 19.5 Å². The normalized spacial score (nSPS) is 14.3. The standard InChI is InChI=1S/C8H16N2O4/c1-5-8(2,9-7(12)13)6(11)10(3)14-4/h9H,5H2,1-4H3,(H,12,13)/t8-/m1/s1. The Hall–Kier alpha value is -1.30. The van der Waals surface area contributed by atoms with E-state index in [0.29, 0.717) is 6.42 Å². The Morgan fingerprint density at radius 2 is 2.07 bits per heavy atom. The highest BCUT2D eigenvalue weighted by atomic mass is 16.7. The third-order valence-corrected chi connectivity index (χ3v) is 2.12. The van der Waals surface area contributed by atoms with E-state index in [-0.39, 0.29) is 0 Å². The number of hydrogen-bond acceptors (Lipinski definition) is 3. The molecule has 1 atom stereocenters. The average Bonchev–Trinajstić information content (AvgIpc) is 2.14. The summed E-state index contributed by atoms with van der Waals surface area (Å²) in [7, 11) is 2.77. The van der Waals surface area contributed by atoms with Crippen LogP contribution in [0.3, 0.4) is 0 Å². The van der Waals surface area contributed by atoms with E-state index in [0.717, 1.165) is 5.06 Å². The van der Waals surface area contributed by atoms with Gasteiger partial charge in [0.1, 0.15) is 5.54 Å². The molecule has 0 radical (unpaired) electrons. The maximum Gasteiger partial charge on any atom is 0.405 e. The summed E-state index contributed by atoms with van der Waals surface area (Å²) in [6.45, 7) is 3.23. The second-order valence-corrected chi connectivity index (χ2v) is 3.10. The van der Waals surface area contributed by atoms with Crippen LogP contribution in [0, 0.1) is 0 Å². The summed E-state index contributed by atoms with van der Waals surface area (Å²) in [5.74, 6) is -0.426. The summed E-state index contributed by atoms with van der Waals surface area (Å²) in [6, 6.07) is 0. The summed E-state index contributed by atoms with van der Waals surface area (Å²) < 4.78 is 0. The van der Waals surface area contributed by atoms with Crippen LogP contribution in [-0.4, -0.2) is 41.9 Å². The molecule has 0 aliphatic rings. The Labute approximate surface area is 82.8 Å². The Bertz CT molecular complexity index is 231. The molecule has 0 rings (SSSR count). The molecule has 82 valence electrons. The number of nitrogens with one attached hydrogen (secondary N) is 1. The highest BCUT2D eigenvalue weighted by molar-refractivity contribution is 5.88. The van der Waals surface area contributed by atoms with Crippen LogP contribution in [0.25, 0.3) is 0 Å². The SMILES string of the molecule is CC[C@@](C)(NC(=O)O)C(=O)N(C)OC. The molecule has 0 aromatic heterocycles. The van der Waals surface area contributed by atoms with Gasteiger partial charge in [0, 0.05) is 7.05 Å². The predicted molar refractivity (Wildman–Crippen MR) is 49.6 cm³/mol. The van der Waals surface area contributed by atoms with E-state index in [1.165, 1.54) is 21.1 Å². The van der Waals surface area contributed by atoms with Gasteiger partial charge in [0.05, 0.1) is 7.11 Å². The molecular weight excluding hydrogens is 188 g/mol. The first-order valence-electron chi connectivity index (χ1n) is 4.20. The van der Waals surface area contributed by atoms with Gasteiger partial charge in [-0.1, -0.05) is 6.92 Å². The number of hydroxylamine groups is 2. The van der Waals surface area contributed by atoms with Gasteiger partial charge in [0.2, 0.25) is 0 Å². The lowest BCUT2D eigenvalue weighted by Crippen LogP contribution is -2.56. The van der Waals surface area contributed by atoms with Gasteiger partial charge in [-0.05, 0) is 13.3 Å². The summed E-state index contributed by atoms with van der Waals surface area (Å²) >= 11 is 0. The lowest BCUT2D eigenvalue weighted by Gasteiger charge is -2.30. The van der Waals surface area contributed by atoms with E-state index in [1.54, 1.807) is 6.92 Å². The molecule has 6 nitrogen and oxygen atoms in total. The van der Waals surface area contributed by atoms with Gasteiger partial charge in [0.15, 0.2) is 0 Å². The van der Waals surface area contributed by atoms with E-state index in [2.05, 4.69) is 5.32 Å². The number of rotatable bonds is 4. The van der Waals surface area contributed by atoms with E-state index >= 15 is 0 Å². The molecule has 0 spiro atoms. The monoisotopic (exact) mass is 204 g/mol. The zero-order valence-electron chi connectivity index (χ0n) is 8.83. The van der Waals surface area contributed by atoms with Crippen LogP contribution in [-0.2, 0) is 9.63 Å². The summed E-state index contributed by atoms with van der Waals surface area (Å²) in [5.41, 5.74) is -1.14. The second kappa shape index (κ2) is 4.80. The van der Waals surface area contributed by atoms with Crippen LogP contribution in [0.15, 0.2) is 0 Å². The van der Waals surface area contributed by atoms with Crippen molar-refractivity contribution in [1.29, 1.82) is 0 Å². The average molecular weight is 204 g/mol. The fourth-order valence-electron chi connectivity index (χ4n) is 0.960. The van der Waals surface area contributed by atoms with Crippen LogP contribution in [0.1, 0.15) is 20.3 Å². The number of amides is 2. The Morgan fingerprint density at radius 1 is 1.57 bits per heavy atom. The fourth-order valence-corrected chi connectivity index (χ4v) is 0.960. The van der Waals surface area contributed by atoms with E-state index in [4.69, 9.17) is 9.94 Å². The summed E-state index contributed by atoms with van der Waals surface area (Å²) in [4.78, 5) is 26.8. The number of likely N-dealkylation sites (N-methyl/N-ethyl adjacent to an activating group) is 1. The first kappa shape index (κ1) is 12.7. The number of carbonyl (C=O) groups excluding carboxylic acids is 1. The van der Waals surface area contributed by atoms with Crippen molar-refractivity contribution in [2.45, 2.75) is 25.8 Å². The van der Waals surface area contributed by atoms with Gasteiger partial charge in [-0.3, -0.25) is 9.63 Å². The molecule has 0 aliphatic heterocycles. The molecule has 0 bridgehead atoms. The van der Waals surface area contributed by atoms with Gasteiger partial charge in [-0.2, -0.15) is 0 Å². The van der Waals surface area contributed by atoms with Crippen molar-refractivity contribution in [3.63, 3.8) is 0 Å². The molecular formula is C8H16N2O4. The van der Waals surface area contributed by atoms with Gasteiger partial charge < -0.3 is 10.4 Å². The lowest BCUT2D eigenvalue weighted by atomic mass is 9.98. The molecule has 2 N–H and O–H groups in total. The second-order valence-electron chi connectivity index (χ2n) is 3.10. The van der Waals surface area contributed by atoms with Crippen molar-refractivity contribution in [2.75, 3.05) is 14.2 Å². The Balaban J connectivity index is 4.67. The zero-order chi connectivity index (χ0) is 11.4. The van der Waals surface area contributed by atoms with Gasteiger partial charge in [-0.15, -0.1) is 0 Å². The molecule has 0 heterocycles. The third kappa shape index (κ3) is 2.88. The molecule has 0 aromatic rings. The number of nitrogens with zero attached hydrogens (tertiary/aromatic N) is 1. The molecule has 0 saturated carbocycles. The Kier molecular flexibility index (Phi) is 4.36. The maximum atomic E-state index is 11.6. The van der Waals surface area contributed by atoms with E-state index < -0.39 is 17.5 Å².